The summed E-state index contributed by atoms with van der Waals surface area (Å²) in [6.07, 6.45) is 1.81. The molecule has 0 aliphatic heterocycles. The van der Waals surface area contributed by atoms with Gasteiger partial charge in [-0.25, -0.2) is 9.97 Å². The summed E-state index contributed by atoms with van der Waals surface area (Å²) in [5, 5.41) is 4.30. The molecule has 2 aromatic rings. The van der Waals surface area contributed by atoms with Crippen LogP contribution in [0.1, 0.15) is 18.2 Å². The molecule has 2 rings (SSSR count). The van der Waals surface area contributed by atoms with Crippen LogP contribution in [0, 0.1) is 13.8 Å². The molecule has 18 heavy (non-hydrogen) atoms. The Kier molecular flexibility index (Phi) is 3.32. The van der Waals surface area contributed by atoms with Crippen molar-refractivity contribution in [1.82, 2.24) is 19.7 Å². The molecular formula is C13H19N5. The van der Waals surface area contributed by atoms with E-state index in [9.17, 15) is 0 Å². The van der Waals surface area contributed by atoms with E-state index in [1.54, 1.807) is 0 Å². The van der Waals surface area contributed by atoms with E-state index >= 15 is 0 Å². The van der Waals surface area contributed by atoms with Gasteiger partial charge in [-0.15, -0.1) is 0 Å². The predicted molar refractivity (Wildman–Crippen MR) is 72.7 cm³/mol. The molecule has 0 fully saturated rings. The van der Waals surface area contributed by atoms with Gasteiger partial charge in [0.15, 0.2) is 0 Å². The van der Waals surface area contributed by atoms with Gasteiger partial charge in [0.25, 0.3) is 0 Å². The molecule has 0 saturated heterocycles. The quantitative estimate of drug-likeness (QED) is 0.830. The minimum atomic E-state index is 0.733. The van der Waals surface area contributed by atoms with Crippen LogP contribution in [-0.4, -0.2) is 33.8 Å². The summed E-state index contributed by atoms with van der Waals surface area (Å²) in [6.45, 7) is 6.98. The lowest BCUT2D eigenvalue weighted by Gasteiger charge is -2.15. The first-order valence-corrected chi connectivity index (χ1v) is 6.09. The molecule has 2 heterocycles. The second kappa shape index (κ2) is 4.76. The van der Waals surface area contributed by atoms with Gasteiger partial charge in [-0.1, -0.05) is 0 Å². The maximum atomic E-state index is 4.64. The molecule has 0 aliphatic rings. The van der Waals surface area contributed by atoms with E-state index in [1.165, 1.54) is 0 Å². The lowest BCUT2D eigenvalue weighted by molar-refractivity contribution is 0.665. The average Bonchev–Trinajstić information content (AvgIpc) is 2.80. The Morgan fingerprint density at radius 2 is 1.94 bits per heavy atom. The van der Waals surface area contributed by atoms with Gasteiger partial charge >= 0.3 is 0 Å². The topological polar surface area (TPSA) is 46.8 Å². The van der Waals surface area contributed by atoms with Crippen molar-refractivity contribution < 1.29 is 0 Å². The largest absolute Gasteiger partial charge is 0.347 e. The van der Waals surface area contributed by atoms with Crippen molar-refractivity contribution in [2.24, 2.45) is 0 Å². The summed E-state index contributed by atoms with van der Waals surface area (Å²) >= 11 is 0. The summed E-state index contributed by atoms with van der Waals surface area (Å²) < 4.78 is 1.95. The third kappa shape index (κ3) is 2.08. The van der Waals surface area contributed by atoms with E-state index in [1.807, 2.05) is 42.9 Å². The first-order chi connectivity index (χ1) is 8.54. The van der Waals surface area contributed by atoms with Crippen LogP contribution < -0.4 is 4.90 Å². The molecular weight excluding hydrogens is 226 g/mol. The van der Waals surface area contributed by atoms with Gasteiger partial charge < -0.3 is 4.90 Å². The van der Waals surface area contributed by atoms with E-state index in [4.69, 9.17) is 0 Å². The second-order valence-electron chi connectivity index (χ2n) is 4.51. The Balaban J connectivity index is 2.63. The maximum absolute atomic E-state index is 4.64. The monoisotopic (exact) mass is 245 g/mol. The fraction of sp³-hybridized carbons (Fsp3) is 0.462. The minimum Gasteiger partial charge on any atom is -0.347 e. The van der Waals surface area contributed by atoms with Gasteiger partial charge in [0.05, 0.1) is 11.4 Å². The van der Waals surface area contributed by atoms with Crippen LogP contribution in [0.2, 0.25) is 0 Å². The number of hydrogen-bond donors (Lipinski definition) is 0. The van der Waals surface area contributed by atoms with Crippen molar-refractivity contribution in [2.75, 3.05) is 19.0 Å². The normalized spacial score (nSPS) is 10.7. The van der Waals surface area contributed by atoms with Crippen molar-refractivity contribution in [2.45, 2.75) is 27.3 Å². The number of hydrogen-bond acceptors (Lipinski definition) is 4. The van der Waals surface area contributed by atoms with Gasteiger partial charge in [-0.05, 0) is 32.4 Å². The molecule has 0 bridgehead atoms. The first kappa shape index (κ1) is 12.5. The van der Waals surface area contributed by atoms with Gasteiger partial charge in [-0.3, -0.25) is 4.68 Å². The van der Waals surface area contributed by atoms with E-state index in [-0.39, 0.29) is 0 Å². The van der Waals surface area contributed by atoms with Crippen LogP contribution in [0.5, 0.6) is 0 Å². The molecule has 0 amide bonds. The number of rotatable bonds is 3. The third-order valence-electron chi connectivity index (χ3n) is 3.04. The molecule has 2 aromatic heterocycles. The maximum Gasteiger partial charge on any atom is 0.225 e. The van der Waals surface area contributed by atoms with Gasteiger partial charge in [0.2, 0.25) is 5.95 Å². The highest BCUT2D eigenvalue weighted by molar-refractivity contribution is 5.61. The first-order valence-electron chi connectivity index (χ1n) is 6.09. The van der Waals surface area contributed by atoms with E-state index in [0.717, 1.165) is 35.1 Å². The fourth-order valence-electron chi connectivity index (χ4n) is 1.85. The summed E-state index contributed by atoms with van der Waals surface area (Å²) in [5.41, 5.74) is 4.12. The SMILES string of the molecule is CCn1nccc1-c1nc(N(C)C)nc(C)c1C. The van der Waals surface area contributed by atoms with Crippen LogP contribution in [0.15, 0.2) is 12.3 Å². The van der Waals surface area contributed by atoms with Crippen molar-refractivity contribution in [3.63, 3.8) is 0 Å². The van der Waals surface area contributed by atoms with E-state index < -0.39 is 0 Å². The number of aromatic nitrogens is 4. The molecule has 0 aromatic carbocycles. The lowest BCUT2D eigenvalue weighted by atomic mass is 10.1. The fourth-order valence-corrected chi connectivity index (χ4v) is 1.85. The zero-order valence-electron chi connectivity index (χ0n) is 11.6. The summed E-state index contributed by atoms with van der Waals surface area (Å²) in [4.78, 5) is 11.0. The summed E-state index contributed by atoms with van der Waals surface area (Å²) in [7, 11) is 3.90. The van der Waals surface area contributed by atoms with Crippen molar-refractivity contribution in [1.29, 1.82) is 0 Å². The third-order valence-corrected chi connectivity index (χ3v) is 3.04. The molecule has 0 aliphatic carbocycles. The highest BCUT2D eigenvalue weighted by atomic mass is 15.3. The molecule has 0 saturated carbocycles. The molecule has 5 nitrogen and oxygen atoms in total. The van der Waals surface area contributed by atoms with Crippen molar-refractivity contribution in [3.05, 3.63) is 23.5 Å². The van der Waals surface area contributed by atoms with Crippen molar-refractivity contribution >= 4 is 5.95 Å². The Morgan fingerprint density at radius 3 is 2.56 bits per heavy atom. The molecule has 0 atom stereocenters. The minimum absolute atomic E-state index is 0.733. The molecule has 0 spiro atoms. The Morgan fingerprint density at radius 1 is 1.22 bits per heavy atom. The highest BCUT2D eigenvalue weighted by Crippen LogP contribution is 2.24. The lowest BCUT2D eigenvalue weighted by Crippen LogP contribution is -2.15. The van der Waals surface area contributed by atoms with Crippen LogP contribution >= 0.6 is 0 Å². The summed E-state index contributed by atoms with van der Waals surface area (Å²) in [5.74, 6) is 0.733. The highest BCUT2D eigenvalue weighted by Gasteiger charge is 2.14. The standard InChI is InChI=1S/C13H19N5/c1-6-18-11(7-8-14-18)12-9(2)10(3)15-13(16-12)17(4)5/h7-8H,6H2,1-5H3. The van der Waals surface area contributed by atoms with Crippen LogP contribution in [0.25, 0.3) is 11.4 Å². The molecule has 5 heteroatoms. The Bertz CT molecular complexity index is 557. The van der Waals surface area contributed by atoms with Crippen LogP contribution in [0.4, 0.5) is 5.95 Å². The average molecular weight is 245 g/mol. The zero-order chi connectivity index (χ0) is 13.3. The second-order valence-corrected chi connectivity index (χ2v) is 4.51. The molecule has 0 N–H and O–H groups in total. The summed E-state index contributed by atoms with van der Waals surface area (Å²) in [6, 6.07) is 2.00. The van der Waals surface area contributed by atoms with Crippen molar-refractivity contribution in [3.8, 4) is 11.4 Å². The number of anilines is 1. The van der Waals surface area contributed by atoms with E-state index in [0.29, 0.717) is 0 Å². The predicted octanol–water partition coefficient (Wildman–Crippen LogP) is 2.04. The van der Waals surface area contributed by atoms with Crippen LogP contribution in [0.3, 0.4) is 0 Å². The molecule has 0 unspecified atom stereocenters. The zero-order valence-corrected chi connectivity index (χ0v) is 11.6. The van der Waals surface area contributed by atoms with E-state index in [2.05, 4.69) is 28.9 Å². The molecule has 96 valence electrons. The number of nitrogens with zero attached hydrogens (tertiary/aromatic N) is 5. The van der Waals surface area contributed by atoms with Gasteiger partial charge in [0.1, 0.15) is 0 Å². The van der Waals surface area contributed by atoms with Gasteiger partial charge in [0, 0.05) is 32.5 Å². The molecule has 0 radical (unpaired) electrons. The number of aryl methyl sites for hydroxylation is 2. The smallest absolute Gasteiger partial charge is 0.225 e. The van der Waals surface area contributed by atoms with Gasteiger partial charge in [-0.2, -0.15) is 5.10 Å². The Hall–Kier alpha value is -1.91. The van der Waals surface area contributed by atoms with Crippen LogP contribution in [-0.2, 0) is 6.54 Å². The Labute approximate surface area is 107 Å².